The van der Waals surface area contributed by atoms with Gasteiger partial charge < -0.3 is 10.6 Å². The van der Waals surface area contributed by atoms with E-state index < -0.39 is 0 Å². The van der Waals surface area contributed by atoms with Crippen molar-refractivity contribution in [2.45, 2.75) is 33.5 Å². The number of nitrogens with one attached hydrogen (secondary N) is 2. The second-order valence-electron chi connectivity index (χ2n) is 6.51. The number of guanidine groups is 1. The monoisotopic (exact) mass is 361 g/mol. The van der Waals surface area contributed by atoms with Crippen LogP contribution in [0.4, 0.5) is 0 Å². The van der Waals surface area contributed by atoms with Crippen molar-refractivity contribution in [1.82, 2.24) is 20.4 Å². The number of aryl methyl sites for hydroxylation is 1. The van der Waals surface area contributed by atoms with Gasteiger partial charge in [0.25, 0.3) is 0 Å². The third-order valence-electron chi connectivity index (χ3n) is 4.34. The summed E-state index contributed by atoms with van der Waals surface area (Å²) in [6.45, 7) is 7.15. The molecular formula is C22H27N5. The largest absolute Gasteiger partial charge is 0.357 e. The van der Waals surface area contributed by atoms with Crippen molar-refractivity contribution in [3.8, 4) is 0 Å². The molecule has 0 aliphatic rings. The SMILES string of the molecule is CCNC(=NCc1ccc(C)cc1)NCc1ccccc1Cn1cccn1. The van der Waals surface area contributed by atoms with Gasteiger partial charge in [0.1, 0.15) is 0 Å². The van der Waals surface area contributed by atoms with E-state index in [-0.39, 0.29) is 0 Å². The third-order valence-corrected chi connectivity index (χ3v) is 4.34. The molecule has 0 aliphatic carbocycles. The molecule has 2 aromatic carbocycles. The second-order valence-corrected chi connectivity index (χ2v) is 6.51. The molecule has 0 saturated carbocycles. The van der Waals surface area contributed by atoms with Crippen LogP contribution in [0.5, 0.6) is 0 Å². The summed E-state index contributed by atoms with van der Waals surface area (Å²) < 4.78 is 1.94. The van der Waals surface area contributed by atoms with Crippen LogP contribution in [0, 0.1) is 6.92 Å². The Morgan fingerprint density at radius 3 is 2.48 bits per heavy atom. The highest BCUT2D eigenvalue weighted by Crippen LogP contribution is 2.10. The number of benzene rings is 2. The number of hydrogen-bond acceptors (Lipinski definition) is 2. The molecule has 3 rings (SSSR count). The Bertz CT molecular complexity index is 851. The summed E-state index contributed by atoms with van der Waals surface area (Å²) in [5.74, 6) is 0.826. The van der Waals surface area contributed by atoms with Crippen LogP contribution in [-0.2, 0) is 19.6 Å². The first-order valence-electron chi connectivity index (χ1n) is 9.36. The normalized spacial score (nSPS) is 11.4. The lowest BCUT2D eigenvalue weighted by atomic mass is 10.1. The predicted octanol–water partition coefficient (Wildman–Crippen LogP) is 3.50. The van der Waals surface area contributed by atoms with Crippen LogP contribution in [0.3, 0.4) is 0 Å². The van der Waals surface area contributed by atoms with Crippen LogP contribution < -0.4 is 10.6 Å². The van der Waals surface area contributed by atoms with Crippen LogP contribution in [0.25, 0.3) is 0 Å². The van der Waals surface area contributed by atoms with Crippen molar-refractivity contribution in [2.75, 3.05) is 6.54 Å². The Hall–Kier alpha value is -3.08. The zero-order valence-corrected chi connectivity index (χ0v) is 16.0. The molecule has 0 amide bonds. The number of rotatable bonds is 7. The first kappa shape index (κ1) is 18.7. The van der Waals surface area contributed by atoms with Crippen molar-refractivity contribution in [3.63, 3.8) is 0 Å². The van der Waals surface area contributed by atoms with E-state index in [0.717, 1.165) is 25.6 Å². The van der Waals surface area contributed by atoms with Crippen molar-refractivity contribution < 1.29 is 0 Å². The lowest BCUT2D eigenvalue weighted by Gasteiger charge is -2.14. The molecule has 0 fully saturated rings. The third kappa shape index (κ3) is 5.71. The van der Waals surface area contributed by atoms with E-state index in [1.807, 2.05) is 23.1 Å². The summed E-state index contributed by atoms with van der Waals surface area (Å²) in [7, 11) is 0. The van der Waals surface area contributed by atoms with E-state index in [0.29, 0.717) is 6.54 Å². The summed E-state index contributed by atoms with van der Waals surface area (Å²) in [4.78, 5) is 4.71. The number of aromatic nitrogens is 2. The summed E-state index contributed by atoms with van der Waals surface area (Å²) in [6.07, 6.45) is 3.79. The molecule has 0 unspecified atom stereocenters. The average Bonchev–Trinajstić information content (AvgIpc) is 3.19. The van der Waals surface area contributed by atoms with Crippen molar-refractivity contribution in [1.29, 1.82) is 0 Å². The summed E-state index contributed by atoms with van der Waals surface area (Å²) in [6, 6.07) is 18.9. The lowest BCUT2D eigenvalue weighted by molar-refractivity contribution is 0.677. The lowest BCUT2D eigenvalue weighted by Crippen LogP contribution is -2.37. The van der Waals surface area contributed by atoms with E-state index in [4.69, 9.17) is 4.99 Å². The van der Waals surface area contributed by atoms with Crippen molar-refractivity contribution in [3.05, 3.63) is 89.2 Å². The highest BCUT2D eigenvalue weighted by atomic mass is 15.3. The maximum Gasteiger partial charge on any atom is 0.191 e. The first-order valence-corrected chi connectivity index (χ1v) is 9.36. The molecule has 1 aromatic heterocycles. The smallest absolute Gasteiger partial charge is 0.191 e. The molecule has 5 nitrogen and oxygen atoms in total. The zero-order chi connectivity index (χ0) is 18.9. The minimum atomic E-state index is 0.657. The minimum Gasteiger partial charge on any atom is -0.357 e. The van der Waals surface area contributed by atoms with Gasteiger partial charge in [0.15, 0.2) is 5.96 Å². The first-order chi connectivity index (χ1) is 13.2. The Labute approximate surface area is 161 Å². The molecule has 0 bridgehead atoms. The van der Waals surface area contributed by atoms with E-state index in [9.17, 15) is 0 Å². The Morgan fingerprint density at radius 1 is 1.00 bits per heavy atom. The van der Waals surface area contributed by atoms with Gasteiger partial charge in [-0.3, -0.25) is 4.68 Å². The fourth-order valence-corrected chi connectivity index (χ4v) is 2.84. The molecular weight excluding hydrogens is 334 g/mol. The van der Waals surface area contributed by atoms with Crippen LogP contribution in [-0.4, -0.2) is 22.3 Å². The summed E-state index contributed by atoms with van der Waals surface area (Å²) >= 11 is 0. The van der Waals surface area contributed by atoms with E-state index >= 15 is 0 Å². The summed E-state index contributed by atoms with van der Waals surface area (Å²) in [5.41, 5.74) is 4.97. The van der Waals surface area contributed by atoms with E-state index in [1.54, 1.807) is 0 Å². The van der Waals surface area contributed by atoms with Gasteiger partial charge in [-0.25, -0.2) is 4.99 Å². The zero-order valence-electron chi connectivity index (χ0n) is 16.0. The van der Waals surface area contributed by atoms with Gasteiger partial charge in [0.2, 0.25) is 0 Å². The van der Waals surface area contributed by atoms with E-state index in [2.05, 4.69) is 78.1 Å². The van der Waals surface area contributed by atoms with Crippen LogP contribution in [0.15, 0.2) is 72.0 Å². The van der Waals surface area contributed by atoms with Gasteiger partial charge in [0.05, 0.1) is 13.1 Å². The Morgan fingerprint density at radius 2 is 1.78 bits per heavy atom. The fourth-order valence-electron chi connectivity index (χ4n) is 2.84. The maximum absolute atomic E-state index is 4.71. The highest BCUT2D eigenvalue weighted by molar-refractivity contribution is 5.79. The van der Waals surface area contributed by atoms with Gasteiger partial charge in [-0.2, -0.15) is 5.10 Å². The standard InChI is InChI=1S/C22H27N5/c1-3-23-22(24-15-19-11-9-18(2)10-12-19)25-16-20-7-4-5-8-21(20)17-27-14-6-13-26-27/h4-14H,3,15-17H2,1-2H3,(H2,23,24,25). The molecule has 0 aliphatic heterocycles. The molecule has 2 N–H and O–H groups in total. The second kappa shape index (κ2) is 9.57. The molecule has 27 heavy (non-hydrogen) atoms. The quantitative estimate of drug-likeness (QED) is 0.500. The molecule has 0 spiro atoms. The summed E-state index contributed by atoms with van der Waals surface area (Å²) in [5, 5.41) is 11.1. The van der Waals surface area contributed by atoms with Crippen molar-refractivity contribution in [2.24, 2.45) is 4.99 Å². The molecule has 5 heteroatoms. The van der Waals surface area contributed by atoms with Gasteiger partial charge in [-0.1, -0.05) is 54.1 Å². The topological polar surface area (TPSA) is 54.2 Å². The number of hydrogen-bond donors (Lipinski definition) is 2. The van der Waals surface area contributed by atoms with Crippen LogP contribution >= 0.6 is 0 Å². The van der Waals surface area contributed by atoms with Gasteiger partial charge >= 0.3 is 0 Å². The molecule has 1 heterocycles. The Kier molecular flexibility index (Phi) is 6.63. The number of nitrogens with zero attached hydrogens (tertiary/aromatic N) is 3. The van der Waals surface area contributed by atoms with E-state index in [1.165, 1.54) is 22.3 Å². The molecule has 3 aromatic rings. The van der Waals surface area contributed by atoms with Gasteiger partial charge in [-0.05, 0) is 36.6 Å². The minimum absolute atomic E-state index is 0.657. The molecule has 0 saturated heterocycles. The fraction of sp³-hybridized carbons (Fsp3) is 0.273. The van der Waals surface area contributed by atoms with Crippen LogP contribution in [0.2, 0.25) is 0 Å². The highest BCUT2D eigenvalue weighted by Gasteiger charge is 2.05. The Balaban J connectivity index is 1.65. The van der Waals surface area contributed by atoms with Gasteiger partial charge in [-0.15, -0.1) is 0 Å². The molecule has 0 radical (unpaired) electrons. The predicted molar refractivity (Wildman–Crippen MR) is 111 cm³/mol. The van der Waals surface area contributed by atoms with Crippen LogP contribution in [0.1, 0.15) is 29.2 Å². The average molecular weight is 361 g/mol. The maximum atomic E-state index is 4.71. The molecule has 140 valence electrons. The molecule has 0 atom stereocenters. The number of aliphatic imine (C=N–C) groups is 1. The van der Waals surface area contributed by atoms with Gasteiger partial charge in [0, 0.05) is 25.5 Å². The van der Waals surface area contributed by atoms with Crippen molar-refractivity contribution >= 4 is 5.96 Å².